The lowest BCUT2D eigenvalue weighted by atomic mass is 9.70. The summed E-state index contributed by atoms with van der Waals surface area (Å²) in [5.41, 5.74) is 2.99. The summed E-state index contributed by atoms with van der Waals surface area (Å²) in [6, 6.07) is 21.3. The fraction of sp³-hybridized carbons (Fsp3) is 0.571. The number of hydrogen-bond donors (Lipinski definition) is 1. The number of imidazole rings is 1. The number of amides is 2. The van der Waals surface area contributed by atoms with Gasteiger partial charge in [0.05, 0.1) is 11.0 Å². The lowest BCUT2D eigenvalue weighted by Gasteiger charge is -2.47. The van der Waals surface area contributed by atoms with E-state index < -0.39 is 5.54 Å². The van der Waals surface area contributed by atoms with Gasteiger partial charge in [-0.1, -0.05) is 49.4 Å². The maximum atomic E-state index is 13.6. The summed E-state index contributed by atoms with van der Waals surface area (Å²) in [5.74, 6) is 1.03. The highest BCUT2D eigenvalue weighted by Gasteiger charge is 2.45. The predicted molar refractivity (Wildman–Crippen MR) is 167 cm³/mol. The molecule has 1 aromatic heterocycles. The van der Waals surface area contributed by atoms with Gasteiger partial charge in [-0.25, -0.2) is 4.98 Å². The van der Waals surface area contributed by atoms with E-state index in [9.17, 15) is 9.59 Å². The van der Waals surface area contributed by atoms with Crippen LogP contribution in [-0.4, -0.2) is 68.4 Å². The SMILES string of the molecule is CCC(C)(NC(C)=O)C(=O)N1CCC(CCN2[C@@H]3CC[C@H]2CC(n2c(C)nc4ccccc42)C3)(c2ccccc2)CC1. The number of piperidine rings is 2. The van der Waals surface area contributed by atoms with E-state index in [4.69, 9.17) is 4.98 Å². The molecule has 4 heterocycles. The molecular formula is C35H47N5O2. The summed E-state index contributed by atoms with van der Waals surface area (Å²) in [7, 11) is 0. The van der Waals surface area contributed by atoms with Crippen LogP contribution in [-0.2, 0) is 15.0 Å². The number of aryl methyl sites for hydroxylation is 1. The van der Waals surface area contributed by atoms with Crippen LogP contribution in [0.5, 0.6) is 0 Å². The summed E-state index contributed by atoms with van der Waals surface area (Å²) in [6.45, 7) is 10.0. The molecule has 3 fully saturated rings. The van der Waals surface area contributed by atoms with Crippen LogP contribution in [0.4, 0.5) is 0 Å². The molecule has 0 aliphatic carbocycles. The Bertz CT molecular complexity index is 1410. The van der Waals surface area contributed by atoms with Crippen LogP contribution in [0.3, 0.4) is 0 Å². The molecule has 0 saturated carbocycles. The van der Waals surface area contributed by atoms with Gasteiger partial charge in [-0.2, -0.15) is 0 Å². The number of aromatic nitrogens is 2. The molecule has 3 aliphatic rings. The van der Waals surface area contributed by atoms with E-state index >= 15 is 0 Å². The van der Waals surface area contributed by atoms with Crippen LogP contribution in [0.2, 0.25) is 0 Å². The second-order valence-electron chi connectivity index (χ2n) is 13.3. The van der Waals surface area contributed by atoms with Gasteiger partial charge in [0.25, 0.3) is 0 Å². The first-order chi connectivity index (χ1) is 20.2. The van der Waals surface area contributed by atoms with Crippen LogP contribution in [0.1, 0.15) is 89.6 Å². The number of hydrogen-bond acceptors (Lipinski definition) is 4. The molecule has 3 aliphatic heterocycles. The molecule has 3 saturated heterocycles. The Morgan fingerprint density at radius 1 is 0.976 bits per heavy atom. The minimum Gasteiger partial charge on any atom is -0.342 e. The first kappa shape index (κ1) is 28.9. The summed E-state index contributed by atoms with van der Waals surface area (Å²) in [5, 5.41) is 2.92. The Balaban J connectivity index is 1.16. The van der Waals surface area contributed by atoms with Crippen molar-refractivity contribution in [3.05, 3.63) is 66.0 Å². The molecule has 2 bridgehead atoms. The monoisotopic (exact) mass is 569 g/mol. The van der Waals surface area contributed by atoms with Crippen molar-refractivity contribution < 1.29 is 9.59 Å². The van der Waals surface area contributed by atoms with Crippen molar-refractivity contribution in [1.82, 2.24) is 24.7 Å². The topological polar surface area (TPSA) is 70.5 Å². The van der Waals surface area contributed by atoms with Crippen molar-refractivity contribution in [2.24, 2.45) is 0 Å². The summed E-state index contributed by atoms with van der Waals surface area (Å²) >= 11 is 0. The molecule has 0 radical (unpaired) electrons. The Morgan fingerprint density at radius 3 is 2.26 bits per heavy atom. The van der Waals surface area contributed by atoms with Crippen molar-refractivity contribution in [2.45, 2.75) is 108 Å². The van der Waals surface area contributed by atoms with E-state index in [2.05, 4.69) is 76.3 Å². The molecule has 6 rings (SSSR count). The standard InChI is InChI=1S/C35H47N5O2/c1-5-34(4,37-26(3)41)33(42)38-20-17-35(18-21-38,27-11-7-6-8-12-27)19-22-39-28-15-16-29(39)24-30(23-28)40-25(2)36-31-13-9-10-14-32(31)40/h6-14,28-30H,5,15-24H2,1-4H3,(H,37,41)/t28-,29+,30?,34?. The summed E-state index contributed by atoms with van der Waals surface area (Å²) in [6.07, 6.45) is 8.55. The van der Waals surface area contributed by atoms with E-state index in [1.54, 1.807) is 0 Å². The van der Waals surface area contributed by atoms with Gasteiger partial charge in [0.2, 0.25) is 11.8 Å². The molecule has 7 nitrogen and oxygen atoms in total. The second-order valence-corrected chi connectivity index (χ2v) is 13.3. The number of carbonyl (C=O) groups is 2. The normalized spacial score (nSPS) is 25.3. The van der Waals surface area contributed by atoms with Gasteiger partial charge in [0, 0.05) is 38.1 Å². The third-order valence-electron chi connectivity index (χ3n) is 10.9. The predicted octanol–water partition coefficient (Wildman–Crippen LogP) is 5.77. The molecule has 2 amide bonds. The van der Waals surface area contributed by atoms with Gasteiger partial charge >= 0.3 is 0 Å². The molecule has 3 aromatic rings. The van der Waals surface area contributed by atoms with E-state index in [0.717, 1.165) is 50.2 Å². The van der Waals surface area contributed by atoms with E-state index in [-0.39, 0.29) is 17.2 Å². The quantitative estimate of drug-likeness (QED) is 0.374. The third kappa shape index (κ3) is 5.25. The van der Waals surface area contributed by atoms with Crippen molar-refractivity contribution in [2.75, 3.05) is 19.6 Å². The molecule has 2 unspecified atom stereocenters. The van der Waals surface area contributed by atoms with Gasteiger partial charge < -0.3 is 14.8 Å². The lowest BCUT2D eigenvalue weighted by Crippen LogP contribution is -2.59. The third-order valence-corrected chi connectivity index (χ3v) is 10.9. The maximum Gasteiger partial charge on any atom is 0.248 e. The number of fused-ring (bicyclic) bond motifs is 3. The first-order valence-corrected chi connectivity index (χ1v) is 16.1. The molecule has 1 N–H and O–H groups in total. The first-order valence-electron chi connectivity index (χ1n) is 16.1. The molecular weight excluding hydrogens is 522 g/mol. The minimum absolute atomic E-state index is 0.0456. The fourth-order valence-electron chi connectivity index (χ4n) is 8.43. The average Bonchev–Trinajstić information content (AvgIpc) is 3.46. The van der Waals surface area contributed by atoms with E-state index in [1.807, 2.05) is 18.7 Å². The fourth-order valence-corrected chi connectivity index (χ4v) is 8.43. The number of likely N-dealkylation sites (tertiary alicyclic amines) is 1. The number of nitrogens with one attached hydrogen (secondary N) is 1. The zero-order valence-corrected chi connectivity index (χ0v) is 25.8. The minimum atomic E-state index is -0.846. The molecule has 224 valence electrons. The Hall–Kier alpha value is -3.19. The highest BCUT2D eigenvalue weighted by atomic mass is 16.2. The number of para-hydroxylation sites is 2. The second kappa shape index (κ2) is 11.5. The largest absolute Gasteiger partial charge is 0.342 e. The van der Waals surface area contributed by atoms with Crippen molar-refractivity contribution >= 4 is 22.8 Å². The number of nitrogens with zero attached hydrogens (tertiary/aromatic N) is 4. The van der Waals surface area contributed by atoms with Crippen LogP contribution in [0.15, 0.2) is 54.6 Å². The molecule has 7 heteroatoms. The van der Waals surface area contributed by atoms with Crippen molar-refractivity contribution in [3.8, 4) is 0 Å². The molecule has 4 atom stereocenters. The number of benzene rings is 2. The Kier molecular flexibility index (Phi) is 7.90. The summed E-state index contributed by atoms with van der Waals surface area (Å²) in [4.78, 5) is 35.1. The highest BCUT2D eigenvalue weighted by Crippen LogP contribution is 2.45. The average molecular weight is 570 g/mol. The maximum absolute atomic E-state index is 13.6. The van der Waals surface area contributed by atoms with Gasteiger partial charge in [0.15, 0.2) is 0 Å². The molecule has 0 spiro atoms. The Morgan fingerprint density at radius 2 is 1.62 bits per heavy atom. The van der Waals surface area contributed by atoms with Gasteiger partial charge in [-0.05, 0) is 94.9 Å². The Labute approximate surface area is 250 Å². The van der Waals surface area contributed by atoms with E-state index in [1.165, 1.54) is 43.7 Å². The number of rotatable bonds is 8. The van der Waals surface area contributed by atoms with Crippen LogP contribution >= 0.6 is 0 Å². The van der Waals surface area contributed by atoms with Gasteiger partial charge in [-0.15, -0.1) is 0 Å². The smallest absolute Gasteiger partial charge is 0.248 e. The van der Waals surface area contributed by atoms with Crippen molar-refractivity contribution in [3.63, 3.8) is 0 Å². The van der Waals surface area contributed by atoms with Crippen LogP contribution in [0, 0.1) is 6.92 Å². The van der Waals surface area contributed by atoms with Crippen LogP contribution < -0.4 is 5.32 Å². The zero-order valence-electron chi connectivity index (χ0n) is 25.8. The summed E-state index contributed by atoms with van der Waals surface area (Å²) < 4.78 is 2.52. The molecule has 2 aromatic carbocycles. The highest BCUT2D eigenvalue weighted by molar-refractivity contribution is 5.90. The van der Waals surface area contributed by atoms with E-state index in [0.29, 0.717) is 24.5 Å². The lowest BCUT2D eigenvalue weighted by molar-refractivity contribution is -0.142. The van der Waals surface area contributed by atoms with Gasteiger partial charge in [0.1, 0.15) is 11.4 Å². The number of carbonyl (C=O) groups excluding carboxylic acids is 2. The molecule has 42 heavy (non-hydrogen) atoms. The zero-order chi connectivity index (χ0) is 29.5. The van der Waals surface area contributed by atoms with Crippen LogP contribution in [0.25, 0.3) is 11.0 Å². The van der Waals surface area contributed by atoms with Crippen molar-refractivity contribution in [1.29, 1.82) is 0 Å². The van der Waals surface area contributed by atoms with Gasteiger partial charge in [-0.3, -0.25) is 14.5 Å².